The number of hydrogen-bond acceptors (Lipinski definition) is 6. The first kappa shape index (κ1) is 28.8. The fourth-order valence-electron chi connectivity index (χ4n) is 7.08. The highest BCUT2D eigenvalue weighted by Crippen LogP contribution is 2.56. The number of amides is 1. The smallest absolute Gasteiger partial charge is 0.235 e. The van der Waals surface area contributed by atoms with Crippen molar-refractivity contribution in [2.45, 2.75) is 84.8 Å². The van der Waals surface area contributed by atoms with Crippen LogP contribution in [0.25, 0.3) is 0 Å². The number of carbonyl (C=O) groups excluding carboxylic acids is 2. The average Bonchev–Trinajstić information content (AvgIpc) is 3.07. The molecule has 0 radical (unpaired) electrons. The van der Waals surface area contributed by atoms with Crippen LogP contribution in [0.5, 0.6) is 0 Å². The van der Waals surface area contributed by atoms with Gasteiger partial charge in [-0.15, -0.1) is 0 Å². The Kier molecular flexibility index (Phi) is 9.36. The minimum atomic E-state index is -1.49. The Bertz CT molecular complexity index is 883. The van der Waals surface area contributed by atoms with Gasteiger partial charge in [0.1, 0.15) is 12.0 Å². The molecule has 1 saturated heterocycles. The molecule has 1 heterocycles. The number of allylic oxidation sites excluding steroid dienone is 4. The van der Waals surface area contributed by atoms with Gasteiger partial charge in [0.05, 0.1) is 12.2 Å². The van der Waals surface area contributed by atoms with Crippen LogP contribution in [0.1, 0.15) is 60.3 Å². The number of fused-ring (bicyclic) bond motifs is 1. The number of Topliss-reactive ketones (excluding diaryl/α,β-unsaturated/α-hetero) is 1. The third-order valence-electron chi connectivity index (χ3n) is 9.01. The minimum absolute atomic E-state index is 0.00503. The molecule has 1 aliphatic heterocycles. The van der Waals surface area contributed by atoms with Gasteiger partial charge in [0, 0.05) is 11.3 Å². The Morgan fingerprint density at radius 2 is 1.83 bits per heavy atom. The van der Waals surface area contributed by atoms with Crippen LogP contribution >= 0.6 is 0 Å². The molecule has 2 fully saturated rings. The van der Waals surface area contributed by atoms with Crippen LogP contribution in [0.15, 0.2) is 36.5 Å². The van der Waals surface area contributed by atoms with Gasteiger partial charge in [-0.1, -0.05) is 71.1 Å². The van der Waals surface area contributed by atoms with Crippen molar-refractivity contribution in [3.63, 3.8) is 0 Å². The number of nitrogens with one attached hydrogen (secondary N) is 1. The maximum absolute atomic E-state index is 14.1. The zero-order chi connectivity index (χ0) is 26.8. The van der Waals surface area contributed by atoms with Crippen LogP contribution in [-0.4, -0.2) is 56.7 Å². The van der Waals surface area contributed by atoms with Crippen LogP contribution in [0.2, 0.25) is 0 Å². The molecule has 0 aromatic carbocycles. The van der Waals surface area contributed by atoms with Gasteiger partial charge in [-0.3, -0.25) is 9.59 Å². The van der Waals surface area contributed by atoms with Crippen molar-refractivity contribution in [1.82, 2.24) is 5.32 Å². The molecule has 0 aromatic rings. The van der Waals surface area contributed by atoms with Crippen LogP contribution < -0.4 is 5.32 Å². The molecular weight excluding hydrogens is 458 g/mol. The molecule has 1 amide bonds. The number of aliphatic hydroxyl groups excluding tert-OH is 4. The van der Waals surface area contributed by atoms with Gasteiger partial charge < -0.3 is 25.7 Å². The summed E-state index contributed by atoms with van der Waals surface area (Å²) in [7, 11) is 0. The quantitative estimate of drug-likeness (QED) is 0.187. The lowest BCUT2D eigenvalue weighted by Crippen LogP contribution is -2.55. The lowest BCUT2D eigenvalue weighted by atomic mass is 9.49. The Morgan fingerprint density at radius 1 is 1.17 bits per heavy atom. The predicted octanol–water partition coefficient (Wildman–Crippen LogP) is 2.74. The Labute approximate surface area is 215 Å². The van der Waals surface area contributed by atoms with E-state index in [1.807, 2.05) is 39.0 Å². The van der Waals surface area contributed by atoms with Crippen molar-refractivity contribution in [2.24, 2.45) is 46.8 Å². The second-order valence-electron chi connectivity index (χ2n) is 11.7. The number of ketones is 1. The van der Waals surface area contributed by atoms with E-state index in [1.54, 1.807) is 12.2 Å². The molecule has 0 aromatic heterocycles. The molecule has 202 valence electrons. The van der Waals surface area contributed by atoms with E-state index in [2.05, 4.69) is 25.2 Å². The van der Waals surface area contributed by atoms with Crippen LogP contribution in [0.4, 0.5) is 0 Å². The first-order valence-corrected chi connectivity index (χ1v) is 13.5. The molecule has 7 heteroatoms. The van der Waals surface area contributed by atoms with E-state index in [0.29, 0.717) is 18.8 Å². The third kappa shape index (κ3) is 5.69. The highest BCUT2D eigenvalue weighted by atomic mass is 16.3. The molecule has 3 rings (SSSR count). The fourth-order valence-corrected chi connectivity index (χ4v) is 7.08. The van der Waals surface area contributed by atoms with Gasteiger partial charge in [-0.25, -0.2) is 0 Å². The summed E-state index contributed by atoms with van der Waals surface area (Å²) in [5, 5.41) is 43.6. The first-order valence-electron chi connectivity index (χ1n) is 13.5. The van der Waals surface area contributed by atoms with E-state index in [-0.39, 0.29) is 35.4 Å². The molecule has 7 nitrogen and oxygen atoms in total. The van der Waals surface area contributed by atoms with Crippen molar-refractivity contribution in [3.05, 3.63) is 36.5 Å². The van der Waals surface area contributed by atoms with Gasteiger partial charge in [0.25, 0.3) is 0 Å². The minimum Gasteiger partial charge on any atom is -0.393 e. The zero-order valence-electron chi connectivity index (χ0n) is 22.2. The van der Waals surface area contributed by atoms with E-state index in [4.69, 9.17) is 0 Å². The topological polar surface area (TPSA) is 127 Å². The summed E-state index contributed by atoms with van der Waals surface area (Å²) >= 11 is 0. The number of rotatable bonds is 9. The summed E-state index contributed by atoms with van der Waals surface area (Å²) in [4.78, 5) is 26.7. The van der Waals surface area contributed by atoms with Crippen LogP contribution in [-0.2, 0) is 9.59 Å². The van der Waals surface area contributed by atoms with Crippen molar-refractivity contribution < 1.29 is 30.0 Å². The maximum Gasteiger partial charge on any atom is 0.235 e. The summed E-state index contributed by atoms with van der Waals surface area (Å²) in [5.74, 6) is -1.73. The van der Waals surface area contributed by atoms with E-state index in [1.165, 1.54) is 0 Å². The highest BCUT2D eigenvalue weighted by molar-refractivity contribution is 6.06. The second-order valence-corrected chi connectivity index (χ2v) is 11.7. The summed E-state index contributed by atoms with van der Waals surface area (Å²) in [6, 6.07) is 0. The number of aliphatic hydroxyl groups is 4. The maximum atomic E-state index is 14.1. The van der Waals surface area contributed by atoms with Crippen LogP contribution in [0, 0.1) is 46.8 Å². The van der Waals surface area contributed by atoms with E-state index >= 15 is 0 Å². The predicted molar refractivity (Wildman–Crippen MR) is 138 cm³/mol. The van der Waals surface area contributed by atoms with Crippen molar-refractivity contribution in [3.8, 4) is 0 Å². The second kappa shape index (κ2) is 11.7. The largest absolute Gasteiger partial charge is 0.393 e. The Balaban J connectivity index is 1.87. The molecule has 36 heavy (non-hydrogen) atoms. The summed E-state index contributed by atoms with van der Waals surface area (Å²) < 4.78 is 0. The van der Waals surface area contributed by atoms with E-state index < -0.39 is 41.8 Å². The van der Waals surface area contributed by atoms with Crippen LogP contribution in [0.3, 0.4) is 0 Å². The van der Waals surface area contributed by atoms with Gasteiger partial charge in [-0.2, -0.15) is 0 Å². The molecule has 12 atom stereocenters. The molecule has 0 spiro atoms. The molecule has 2 aliphatic carbocycles. The Morgan fingerprint density at radius 3 is 2.44 bits per heavy atom. The molecular formula is C29H45NO6. The van der Waals surface area contributed by atoms with Gasteiger partial charge in [-0.05, 0) is 55.3 Å². The lowest BCUT2D eigenvalue weighted by molar-refractivity contribution is -0.151. The van der Waals surface area contributed by atoms with Gasteiger partial charge in [0.15, 0.2) is 12.0 Å². The van der Waals surface area contributed by atoms with Gasteiger partial charge >= 0.3 is 0 Å². The molecule has 1 saturated carbocycles. The molecule has 0 bridgehead atoms. The lowest BCUT2D eigenvalue weighted by Gasteiger charge is -2.54. The van der Waals surface area contributed by atoms with Gasteiger partial charge in [0.2, 0.25) is 5.91 Å². The SMILES string of the molecule is CCC(O)C(C)/C=C/C=C/C(O)CC1C=CC2CC(C)CC(C)C2C1(C)C(=O)C1C(=O)NC(O)C1O. The number of hydrogen-bond donors (Lipinski definition) is 5. The zero-order valence-corrected chi connectivity index (χ0v) is 22.2. The molecule has 5 N–H and O–H groups in total. The molecule has 3 aliphatic rings. The van der Waals surface area contributed by atoms with Crippen molar-refractivity contribution in [1.29, 1.82) is 0 Å². The summed E-state index contributed by atoms with van der Waals surface area (Å²) in [6.45, 7) is 10.1. The first-order chi connectivity index (χ1) is 16.9. The fraction of sp³-hybridized carbons (Fsp3) is 0.724. The standard InChI is InChI=1S/C29H45NO6/c1-6-22(32)17(3)9-7-8-10-21(31)15-20-12-11-19-14-16(2)13-18(4)24(19)29(20,5)26(34)23-25(33)28(36)30-27(23)35/h7-12,16-25,28,31-33,36H,6,13-15H2,1-5H3,(H,30,35)/b9-7+,10-8+. The summed E-state index contributed by atoms with van der Waals surface area (Å²) in [5.41, 5.74) is -0.976. The average molecular weight is 504 g/mol. The van der Waals surface area contributed by atoms with E-state index in [0.717, 1.165) is 12.8 Å². The summed E-state index contributed by atoms with van der Waals surface area (Å²) in [6.07, 6.45) is 10.1. The monoisotopic (exact) mass is 503 g/mol. The Hall–Kier alpha value is -1.80. The molecule has 12 unspecified atom stereocenters. The third-order valence-corrected chi connectivity index (χ3v) is 9.01. The normalized spacial score (nSPS) is 41.3. The van der Waals surface area contributed by atoms with Crippen molar-refractivity contribution in [2.75, 3.05) is 0 Å². The number of carbonyl (C=O) groups is 2. The van der Waals surface area contributed by atoms with Crippen molar-refractivity contribution >= 4 is 11.7 Å². The van der Waals surface area contributed by atoms with E-state index in [9.17, 15) is 30.0 Å². The highest BCUT2D eigenvalue weighted by Gasteiger charge is 2.59.